The first kappa shape index (κ1) is 17.9. The number of rotatable bonds is 7. The summed E-state index contributed by atoms with van der Waals surface area (Å²) in [5.41, 5.74) is 8.03. The van der Waals surface area contributed by atoms with Crippen LogP contribution in [0.25, 0.3) is 0 Å². The van der Waals surface area contributed by atoms with Gasteiger partial charge < -0.3 is 20.5 Å². The molecule has 1 unspecified atom stereocenters. The highest BCUT2D eigenvalue weighted by atomic mass is 19.1. The predicted octanol–water partition coefficient (Wildman–Crippen LogP) is 2.80. The number of ether oxygens (including phenoxy) is 2. The van der Waals surface area contributed by atoms with Crippen LogP contribution >= 0.6 is 0 Å². The van der Waals surface area contributed by atoms with Gasteiger partial charge in [0.2, 0.25) is 5.91 Å². The van der Waals surface area contributed by atoms with Gasteiger partial charge in [-0.15, -0.1) is 0 Å². The molecule has 0 heterocycles. The van der Waals surface area contributed by atoms with Crippen LogP contribution in [0.4, 0.5) is 10.1 Å². The van der Waals surface area contributed by atoms with E-state index in [-0.39, 0.29) is 12.4 Å². The molecule has 0 aliphatic carbocycles. The molecular weight excluding hydrogens is 311 g/mol. The van der Waals surface area contributed by atoms with Gasteiger partial charge in [0, 0.05) is 18.9 Å². The van der Waals surface area contributed by atoms with E-state index in [0.717, 1.165) is 5.56 Å². The molecule has 2 aromatic carbocycles. The number of anilines is 1. The summed E-state index contributed by atoms with van der Waals surface area (Å²) in [5, 5.41) is 2.61. The van der Waals surface area contributed by atoms with Crippen LogP contribution in [0.1, 0.15) is 17.2 Å². The maximum absolute atomic E-state index is 13.9. The van der Waals surface area contributed by atoms with Crippen molar-refractivity contribution in [3.63, 3.8) is 0 Å². The smallest absolute Gasteiger partial charge is 0.245 e. The second-order valence-electron chi connectivity index (χ2n) is 5.36. The third kappa shape index (κ3) is 4.78. The van der Waals surface area contributed by atoms with E-state index in [0.29, 0.717) is 17.9 Å². The van der Waals surface area contributed by atoms with E-state index in [1.54, 1.807) is 18.2 Å². The standard InChI is InChI=1S/C18H21FN2O3/c1-12-3-5-13(6-4-12)17(20)18(22)21-14-7-8-16(15(19)11-14)24-10-9-23-2/h3-8,11,17H,9-10,20H2,1-2H3,(H,21,22). The Morgan fingerprint density at radius 1 is 1.21 bits per heavy atom. The fraction of sp³-hybridized carbons (Fsp3) is 0.278. The number of methoxy groups -OCH3 is 1. The lowest BCUT2D eigenvalue weighted by Gasteiger charge is -2.14. The van der Waals surface area contributed by atoms with E-state index >= 15 is 0 Å². The van der Waals surface area contributed by atoms with Crippen molar-refractivity contribution in [3.8, 4) is 5.75 Å². The van der Waals surface area contributed by atoms with E-state index in [9.17, 15) is 9.18 Å². The summed E-state index contributed by atoms with van der Waals surface area (Å²) in [4.78, 5) is 12.2. The van der Waals surface area contributed by atoms with Gasteiger partial charge in [0.25, 0.3) is 0 Å². The molecule has 0 spiro atoms. The molecule has 0 saturated heterocycles. The number of hydrogen-bond donors (Lipinski definition) is 2. The fourth-order valence-electron chi connectivity index (χ4n) is 2.08. The molecule has 6 heteroatoms. The molecule has 24 heavy (non-hydrogen) atoms. The largest absolute Gasteiger partial charge is 0.488 e. The van der Waals surface area contributed by atoms with Crippen molar-refractivity contribution in [1.29, 1.82) is 0 Å². The number of nitrogens with two attached hydrogens (primary N) is 1. The van der Waals surface area contributed by atoms with Crippen molar-refractivity contribution >= 4 is 11.6 Å². The summed E-state index contributed by atoms with van der Waals surface area (Å²) in [6.07, 6.45) is 0. The highest BCUT2D eigenvalue weighted by molar-refractivity contribution is 5.95. The fourth-order valence-corrected chi connectivity index (χ4v) is 2.08. The minimum absolute atomic E-state index is 0.105. The summed E-state index contributed by atoms with van der Waals surface area (Å²) >= 11 is 0. The Kier molecular flexibility index (Phi) is 6.28. The Morgan fingerprint density at radius 2 is 1.92 bits per heavy atom. The molecule has 128 valence electrons. The van der Waals surface area contributed by atoms with Crippen molar-refractivity contribution < 1.29 is 18.7 Å². The minimum Gasteiger partial charge on any atom is -0.488 e. The number of aryl methyl sites for hydroxylation is 1. The molecule has 3 N–H and O–H groups in total. The number of hydrogen-bond acceptors (Lipinski definition) is 4. The zero-order chi connectivity index (χ0) is 17.5. The van der Waals surface area contributed by atoms with Gasteiger partial charge in [0.15, 0.2) is 11.6 Å². The molecule has 0 aliphatic rings. The van der Waals surface area contributed by atoms with Gasteiger partial charge in [0.05, 0.1) is 6.61 Å². The van der Waals surface area contributed by atoms with E-state index in [4.69, 9.17) is 15.2 Å². The molecule has 0 aromatic heterocycles. The average molecular weight is 332 g/mol. The molecule has 0 aliphatic heterocycles. The van der Waals surface area contributed by atoms with Gasteiger partial charge in [-0.1, -0.05) is 29.8 Å². The summed E-state index contributed by atoms with van der Waals surface area (Å²) in [6, 6.07) is 10.7. The second kappa shape index (κ2) is 8.42. The number of halogens is 1. The maximum atomic E-state index is 13.9. The van der Waals surface area contributed by atoms with Gasteiger partial charge in [0.1, 0.15) is 12.6 Å². The van der Waals surface area contributed by atoms with Crippen LogP contribution in [0.5, 0.6) is 5.75 Å². The lowest BCUT2D eigenvalue weighted by atomic mass is 10.1. The van der Waals surface area contributed by atoms with Crippen LogP contribution in [-0.4, -0.2) is 26.2 Å². The van der Waals surface area contributed by atoms with Crippen LogP contribution in [0, 0.1) is 12.7 Å². The van der Waals surface area contributed by atoms with Crippen molar-refractivity contribution in [3.05, 3.63) is 59.4 Å². The predicted molar refractivity (Wildman–Crippen MR) is 90.5 cm³/mol. The van der Waals surface area contributed by atoms with Crippen molar-refractivity contribution in [2.45, 2.75) is 13.0 Å². The SMILES string of the molecule is COCCOc1ccc(NC(=O)C(N)c2ccc(C)cc2)cc1F. The van der Waals surface area contributed by atoms with Crippen LogP contribution in [-0.2, 0) is 9.53 Å². The Labute approximate surface area is 140 Å². The molecule has 0 fully saturated rings. The van der Waals surface area contributed by atoms with Crippen LogP contribution in [0.3, 0.4) is 0 Å². The highest BCUT2D eigenvalue weighted by Crippen LogP contribution is 2.22. The summed E-state index contributed by atoms with van der Waals surface area (Å²) < 4.78 is 24.0. The molecule has 0 bridgehead atoms. The normalized spacial score (nSPS) is 11.8. The van der Waals surface area contributed by atoms with E-state index in [2.05, 4.69) is 5.32 Å². The summed E-state index contributed by atoms with van der Waals surface area (Å²) in [5.74, 6) is -0.869. The zero-order valence-corrected chi connectivity index (χ0v) is 13.7. The van der Waals surface area contributed by atoms with Crippen LogP contribution in [0.2, 0.25) is 0 Å². The maximum Gasteiger partial charge on any atom is 0.245 e. The van der Waals surface area contributed by atoms with Gasteiger partial charge in [-0.25, -0.2) is 4.39 Å². The first-order chi connectivity index (χ1) is 11.5. The van der Waals surface area contributed by atoms with Crippen molar-refractivity contribution in [2.24, 2.45) is 5.73 Å². The third-order valence-corrected chi connectivity index (χ3v) is 3.46. The topological polar surface area (TPSA) is 73.6 Å². The molecule has 0 radical (unpaired) electrons. The Balaban J connectivity index is 2.00. The zero-order valence-electron chi connectivity index (χ0n) is 13.7. The number of nitrogens with one attached hydrogen (secondary N) is 1. The van der Waals surface area contributed by atoms with E-state index in [1.165, 1.54) is 19.2 Å². The summed E-state index contributed by atoms with van der Waals surface area (Å²) in [6.45, 7) is 2.56. The first-order valence-corrected chi connectivity index (χ1v) is 7.55. The monoisotopic (exact) mass is 332 g/mol. The molecule has 0 saturated carbocycles. The number of amides is 1. The Bertz CT molecular complexity index is 689. The van der Waals surface area contributed by atoms with Gasteiger partial charge in [-0.3, -0.25) is 4.79 Å². The Hall–Kier alpha value is -2.44. The quantitative estimate of drug-likeness (QED) is 0.765. The van der Waals surface area contributed by atoms with Crippen LogP contribution < -0.4 is 15.8 Å². The average Bonchev–Trinajstić information content (AvgIpc) is 2.57. The molecule has 5 nitrogen and oxygen atoms in total. The van der Waals surface area contributed by atoms with E-state index < -0.39 is 17.8 Å². The second-order valence-corrected chi connectivity index (χ2v) is 5.36. The summed E-state index contributed by atoms with van der Waals surface area (Å²) in [7, 11) is 1.54. The van der Waals surface area contributed by atoms with Gasteiger partial charge in [-0.05, 0) is 24.6 Å². The molecule has 1 atom stereocenters. The minimum atomic E-state index is -0.828. The van der Waals surface area contributed by atoms with Gasteiger partial charge >= 0.3 is 0 Å². The molecule has 1 amide bonds. The lowest BCUT2D eigenvalue weighted by Crippen LogP contribution is -2.27. The highest BCUT2D eigenvalue weighted by Gasteiger charge is 2.16. The Morgan fingerprint density at radius 3 is 2.54 bits per heavy atom. The first-order valence-electron chi connectivity index (χ1n) is 7.55. The lowest BCUT2D eigenvalue weighted by molar-refractivity contribution is -0.117. The van der Waals surface area contributed by atoms with Crippen molar-refractivity contribution in [2.75, 3.05) is 25.6 Å². The molecule has 2 rings (SSSR count). The molecule has 2 aromatic rings. The number of carbonyl (C=O) groups excluding carboxylic acids is 1. The number of benzene rings is 2. The number of carbonyl (C=O) groups is 1. The molecular formula is C18H21FN2O3. The van der Waals surface area contributed by atoms with Crippen molar-refractivity contribution in [1.82, 2.24) is 0 Å². The van der Waals surface area contributed by atoms with Crippen LogP contribution in [0.15, 0.2) is 42.5 Å². The van der Waals surface area contributed by atoms with Gasteiger partial charge in [-0.2, -0.15) is 0 Å². The third-order valence-electron chi connectivity index (χ3n) is 3.46. The van der Waals surface area contributed by atoms with E-state index in [1.807, 2.05) is 19.1 Å².